The number of benzene rings is 4. The highest BCUT2D eigenvalue weighted by Crippen LogP contribution is 2.23. The summed E-state index contributed by atoms with van der Waals surface area (Å²) in [5.41, 5.74) is 4.97. The van der Waals surface area contributed by atoms with Gasteiger partial charge >= 0.3 is 0 Å². The summed E-state index contributed by atoms with van der Waals surface area (Å²) in [6.07, 6.45) is 0. The van der Waals surface area contributed by atoms with Crippen LogP contribution in [0, 0.1) is 6.92 Å². The first kappa shape index (κ1) is 24.5. The summed E-state index contributed by atoms with van der Waals surface area (Å²) in [6, 6.07) is 30.5. The second-order valence-corrected chi connectivity index (χ2v) is 9.78. The van der Waals surface area contributed by atoms with Crippen LogP contribution in [0.2, 0.25) is 0 Å². The van der Waals surface area contributed by atoms with Gasteiger partial charge in [0.05, 0.1) is 10.9 Å². The molecule has 0 spiro atoms. The van der Waals surface area contributed by atoms with Gasteiger partial charge in [-0.25, -0.2) is 4.98 Å². The molecule has 6 heteroatoms. The first-order valence-corrected chi connectivity index (χ1v) is 13.0. The molecule has 5 rings (SSSR count). The molecule has 0 amide bonds. The number of rotatable bonds is 8. The van der Waals surface area contributed by atoms with Gasteiger partial charge in [-0.1, -0.05) is 78.5 Å². The van der Waals surface area contributed by atoms with Crippen LogP contribution in [-0.4, -0.2) is 15.3 Å². The van der Waals surface area contributed by atoms with Crippen molar-refractivity contribution in [1.82, 2.24) is 9.55 Å². The standard InChI is InChI=1S/C31H26N2O3S/c1-21-7-6-10-27-28(21)30(35)33(2)31(32-27)37-20-23-11-13-24(14-12-23)29(34)25-15-17-26(18-16-25)36-19-22-8-4-3-5-9-22/h3-18H,19-20H2,1-2H3. The number of thioether (sulfide) groups is 1. The lowest BCUT2D eigenvalue weighted by atomic mass is 10.0. The zero-order valence-electron chi connectivity index (χ0n) is 20.7. The summed E-state index contributed by atoms with van der Waals surface area (Å²) in [6.45, 7) is 2.41. The van der Waals surface area contributed by atoms with E-state index in [0.29, 0.717) is 39.5 Å². The highest BCUT2D eigenvalue weighted by atomic mass is 32.2. The third kappa shape index (κ3) is 5.49. The number of ketones is 1. The van der Waals surface area contributed by atoms with Gasteiger partial charge in [-0.15, -0.1) is 0 Å². The maximum Gasteiger partial charge on any atom is 0.262 e. The lowest BCUT2D eigenvalue weighted by molar-refractivity contribution is 0.103. The molecule has 5 aromatic rings. The number of fused-ring (bicyclic) bond motifs is 1. The summed E-state index contributed by atoms with van der Waals surface area (Å²) in [5, 5.41) is 1.32. The molecule has 0 radical (unpaired) electrons. The molecule has 0 saturated heterocycles. The molecule has 184 valence electrons. The van der Waals surface area contributed by atoms with Crippen LogP contribution < -0.4 is 10.3 Å². The second kappa shape index (κ2) is 10.8. The van der Waals surface area contributed by atoms with Gasteiger partial charge in [0.25, 0.3) is 5.56 Å². The fraction of sp³-hybridized carbons (Fsp3) is 0.129. The molecule has 1 heterocycles. The molecule has 0 aliphatic rings. The van der Waals surface area contributed by atoms with Gasteiger partial charge in [0.2, 0.25) is 0 Å². The van der Waals surface area contributed by atoms with Crippen LogP contribution in [0.3, 0.4) is 0 Å². The lowest BCUT2D eigenvalue weighted by Gasteiger charge is -2.10. The van der Waals surface area contributed by atoms with E-state index in [-0.39, 0.29) is 11.3 Å². The highest BCUT2D eigenvalue weighted by Gasteiger charge is 2.12. The molecular formula is C31H26N2O3S. The number of ether oxygens (including phenoxy) is 1. The summed E-state index contributed by atoms with van der Waals surface area (Å²) < 4.78 is 7.42. The number of aryl methyl sites for hydroxylation is 1. The van der Waals surface area contributed by atoms with Crippen LogP contribution in [0.5, 0.6) is 5.75 Å². The van der Waals surface area contributed by atoms with E-state index in [2.05, 4.69) is 0 Å². The molecule has 0 atom stereocenters. The first-order chi connectivity index (χ1) is 18.0. The van der Waals surface area contributed by atoms with Gasteiger partial charge in [-0.3, -0.25) is 14.2 Å². The Morgan fingerprint density at radius 3 is 2.22 bits per heavy atom. The molecule has 0 saturated carbocycles. The van der Waals surface area contributed by atoms with Crippen molar-refractivity contribution >= 4 is 28.4 Å². The summed E-state index contributed by atoms with van der Waals surface area (Å²) >= 11 is 1.50. The van der Waals surface area contributed by atoms with Gasteiger partial charge in [0.1, 0.15) is 12.4 Å². The minimum absolute atomic E-state index is 0.0389. The fourth-order valence-electron chi connectivity index (χ4n) is 4.10. The van der Waals surface area contributed by atoms with Crippen LogP contribution in [0.4, 0.5) is 0 Å². The van der Waals surface area contributed by atoms with Crippen LogP contribution in [0.15, 0.2) is 107 Å². The Morgan fingerprint density at radius 1 is 0.838 bits per heavy atom. The summed E-state index contributed by atoms with van der Waals surface area (Å²) in [5.74, 6) is 1.32. The van der Waals surface area contributed by atoms with E-state index in [9.17, 15) is 9.59 Å². The van der Waals surface area contributed by atoms with Gasteiger partial charge < -0.3 is 4.74 Å². The van der Waals surface area contributed by atoms with Crippen LogP contribution in [-0.2, 0) is 19.4 Å². The smallest absolute Gasteiger partial charge is 0.262 e. The Bertz CT molecular complexity index is 1610. The number of hydrogen-bond acceptors (Lipinski definition) is 5. The Kier molecular flexibility index (Phi) is 7.19. The third-order valence-electron chi connectivity index (χ3n) is 6.22. The fourth-order valence-corrected chi connectivity index (χ4v) is 5.02. The first-order valence-electron chi connectivity index (χ1n) is 12.0. The number of nitrogens with zero attached hydrogens (tertiary/aromatic N) is 2. The van der Waals surface area contributed by atoms with Crippen LogP contribution >= 0.6 is 11.8 Å². The largest absolute Gasteiger partial charge is 0.489 e. The van der Waals surface area contributed by atoms with Crippen LogP contribution in [0.25, 0.3) is 10.9 Å². The second-order valence-electron chi connectivity index (χ2n) is 8.84. The number of carbonyl (C=O) groups excluding carboxylic acids is 1. The van der Waals surface area contributed by atoms with Crippen LogP contribution in [0.1, 0.15) is 32.6 Å². The van der Waals surface area contributed by atoms with E-state index in [0.717, 1.165) is 22.4 Å². The van der Waals surface area contributed by atoms with Crippen molar-refractivity contribution in [3.63, 3.8) is 0 Å². The van der Waals surface area contributed by atoms with Gasteiger partial charge in [0, 0.05) is 23.9 Å². The van der Waals surface area contributed by atoms with Crippen molar-refractivity contribution in [2.75, 3.05) is 0 Å². The predicted octanol–water partition coefficient (Wildman–Crippen LogP) is 6.34. The molecule has 0 aliphatic heterocycles. The average Bonchev–Trinajstić information content (AvgIpc) is 2.94. The van der Waals surface area contributed by atoms with Crippen molar-refractivity contribution in [1.29, 1.82) is 0 Å². The highest BCUT2D eigenvalue weighted by molar-refractivity contribution is 7.98. The van der Waals surface area contributed by atoms with E-state index in [1.807, 2.05) is 91.9 Å². The zero-order chi connectivity index (χ0) is 25.8. The van der Waals surface area contributed by atoms with E-state index in [1.165, 1.54) is 11.8 Å². The third-order valence-corrected chi connectivity index (χ3v) is 7.32. The van der Waals surface area contributed by atoms with Crippen molar-refractivity contribution in [2.24, 2.45) is 7.05 Å². The van der Waals surface area contributed by atoms with Crippen molar-refractivity contribution in [3.8, 4) is 5.75 Å². The number of carbonyl (C=O) groups is 1. The predicted molar refractivity (Wildman–Crippen MR) is 148 cm³/mol. The molecule has 0 unspecified atom stereocenters. The van der Waals surface area contributed by atoms with Crippen molar-refractivity contribution in [2.45, 2.75) is 24.4 Å². The van der Waals surface area contributed by atoms with Gasteiger partial charge in [0.15, 0.2) is 10.9 Å². The maximum absolute atomic E-state index is 13.0. The molecule has 5 nitrogen and oxygen atoms in total. The molecule has 1 aromatic heterocycles. The number of hydrogen-bond donors (Lipinski definition) is 0. The minimum atomic E-state index is -0.0391. The van der Waals surface area contributed by atoms with E-state index < -0.39 is 0 Å². The Labute approximate surface area is 219 Å². The van der Waals surface area contributed by atoms with Crippen molar-refractivity contribution < 1.29 is 9.53 Å². The van der Waals surface area contributed by atoms with E-state index in [1.54, 1.807) is 23.7 Å². The topological polar surface area (TPSA) is 61.2 Å². The van der Waals surface area contributed by atoms with Gasteiger partial charge in [-0.2, -0.15) is 0 Å². The van der Waals surface area contributed by atoms with E-state index in [4.69, 9.17) is 9.72 Å². The minimum Gasteiger partial charge on any atom is -0.489 e. The molecular weight excluding hydrogens is 480 g/mol. The summed E-state index contributed by atoms with van der Waals surface area (Å²) in [4.78, 5) is 30.5. The molecule has 0 aliphatic carbocycles. The summed E-state index contributed by atoms with van der Waals surface area (Å²) in [7, 11) is 1.75. The lowest BCUT2D eigenvalue weighted by Crippen LogP contribution is -2.20. The quantitative estimate of drug-likeness (QED) is 0.140. The van der Waals surface area contributed by atoms with E-state index >= 15 is 0 Å². The molecule has 37 heavy (non-hydrogen) atoms. The molecule has 4 aromatic carbocycles. The monoisotopic (exact) mass is 506 g/mol. The maximum atomic E-state index is 13.0. The Hall–Kier alpha value is -4.16. The average molecular weight is 507 g/mol. The van der Waals surface area contributed by atoms with Crippen molar-refractivity contribution in [3.05, 3.63) is 135 Å². The molecule has 0 bridgehead atoms. The molecule has 0 fully saturated rings. The Balaban J connectivity index is 1.23. The van der Waals surface area contributed by atoms with Gasteiger partial charge in [-0.05, 0) is 53.9 Å². The number of aromatic nitrogens is 2. The Morgan fingerprint density at radius 2 is 1.51 bits per heavy atom. The normalized spacial score (nSPS) is 11.0. The molecule has 0 N–H and O–H groups in total. The SMILES string of the molecule is Cc1cccc2nc(SCc3ccc(C(=O)c4ccc(OCc5ccccc5)cc4)cc3)n(C)c(=O)c12. The zero-order valence-corrected chi connectivity index (χ0v) is 21.5.